The Labute approximate surface area is 117 Å². The first-order chi connectivity index (χ1) is 8.65. The van der Waals surface area contributed by atoms with Gasteiger partial charge in [-0.25, -0.2) is 0 Å². The van der Waals surface area contributed by atoms with Crippen LogP contribution in [0.25, 0.3) is 0 Å². The highest BCUT2D eigenvalue weighted by Gasteiger charge is 2.06. The van der Waals surface area contributed by atoms with Crippen molar-refractivity contribution in [3.8, 4) is 0 Å². The number of anilines is 1. The average Bonchev–Trinajstić information content (AvgIpc) is 2.84. The summed E-state index contributed by atoms with van der Waals surface area (Å²) in [5.74, 6) is -0.120. The van der Waals surface area contributed by atoms with Gasteiger partial charge in [0.05, 0.1) is 23.5 Å². The number of aryl methyl sites for hydroxylation is 1. The van der Waals surface area contributed by atoms with Gasteiger partial charge in [-0.05, 0) is 18.2 Å². The molecule has 2 aromatic rings. The molecule has 1 heterocycles. The molecule has 0 bridgehead atoms. The fourth-order valence-electron chi connectivity index (χ4n) is 1.37. The number of halogens is 2. The minimum atomic E-state index is -0.120. The van der Waals surface area contributed by atoms with Gasteiger partial charge in [0.15, 0.2) is 0 Å². The van der Waals surface area contributed by atoms with Gasteiger partial charge in [-0.2, -0.15) is 0 Å². The van der Waals surface area contributed by atoms with Crippen molar-refractivity contribution in [2.24, 2.45) is 0 Å². The maximum atomic E-state index is 11.7. The van der Waals surface area contributed by atoms with E-state index in [9.17, 15) is 4.79 Å². The molecular formula is C11H10BrClN4O. The Morgan fingerprint density at radius 1 is 1.50 bits per heavy atom. The predicted molar refractivity (Wildman–Crippen MR) is 72.4 cm³/mol. The molecule has 0 spiro atoms. The average molecular weight is 330 g/mol. The number of amides is 1. The van der Waals surface area contributed by atoms with Crippen LogP contribution in [0.4, 0.5) is 5.69 Å². The quantitative estimate of drug-likeness (QED) is 0.938. The highest BCUT2D eigenvalue weighted by atomic mass is 79.9. The van der Waals surface area contributed by atoms with Gasteiger partial charge in [-0.1, -0.05) is 32.7 Å². The van der Waals surface area contributed by atoms with Crippen LogP contribution >= 0.6 is 27.5 Å². The van der Waals surface area contributed by atoms with E-state index in [1.54, 1.807) is 29.2 Å². The minimum Gasteiger partial charge on any atom is -0.325 e. The molecule has 2 rings (SSSR count). The Bertz CT molecular complexity index is 544. The zero-order valence-corrected chi connectivity index (χ0v) is 11.6. The maximum absolute atomic E-state index is 11.7. The molecule has 0 unspecified atom stereocenters. The van der Waals surface area contributed by atoms with Crippen molar-refractivity contribution < 1.29 is 4.79 Å². The molecule has 0 aliphatic carbocycles. The van der Waals surface area contributed by atoms with Crippen molar-refractivity contribution in [3.63, 3.8) is 0 Å². The molecule has 0 saturated heterocycles. The van der Waals surface area contributed by atoms with Gasteiger partial charge < -0.3 is 5.32 Å². The topological polar surface area (TPSA) is 59.8 Å². The molecule has 1 amide bonds. The standard InChI is InChI=1S/C11H10BrClN4O/c12-8-1-2-9(13)10(7-8)15-11(18)3-5-17-6-4-14-16-17/h1-2,4,6-7H,3,5H2,(H,15,18). The van der Waals surface area contributed by atoms with Crippen molar-refractivity contribution >= 4 is 39.1 Å². The van der Waals surface area contributed by atoms with Crippen LogP contribution in [-0.4, -0.2) is 20.9 Å². The summed E-state index contributed by atoms with van der Waals surface area (Å²) < 4.78 is 2.46. The molecule has 94 valence electrons. The predicted octanol–water partition coefficient (Wildman–Crippen LogP) is 2.72. The van der Waals surface area contributed by atoms with Crippen LogP contribution in [0.3, 0.4) is 0 Å². The summed E-state index contributed by atoms with van der Waals surface area (Å²) in [5.41, 5.74) is 0.592. The van der Waals surface area contributed by atoms with Crippen molar-refractivity contribution in [2.75, 3.05) is 5.32 Å². The minimum absolute atomic E-state index is 0.120. The fourth-order valence-corrected chi connectivity index (χ4v) is 1.90. The fraction of sp³-hybridized carbons (Fsp3) is 0.182. The van der Waals surface area contributed by atoms with Crippen LogP contribution in [0.1, 0.15) is 6.42 Å². The molecule has 0 atom stereocenters. The third-order valence-corrected chi connectivity index (χ3v) is 3.07. The van der Waals surface area contributed by atoms with Crippen LogP contribution in [0.5, 0.6) is 0 Å². The number of benzene rings is 1. The summed E-state index contributed by atoms with van der Waals surface area (Å²) in [6, 6.07) is 5.29. The molecule has 0 aliphatic rings. The van der Waals surface area contributed by atoms with Crippen LogP contribution in [0, 0.1) is 0 Å². The Morgan fingerprint density at radius 3 is 3.06 bits per heavy atom. The van der Waals surface area contributed by atoms with E-state index in [1.807, 2.05) is 6.07 Å². The van der Waals surface area contributed by atoms with Gasteiger partial charge in [-0.3, -0.25) is 9.48 Å². The smallest absolute Gasteiger partial charge is 0.226 e. The van der Waals surface area contributed by atoms with Crippen molar-refractivity contribution in [1.29, 1.82) is 0 Å². The largest absolute Gasteiger partial charge is 0.325 e. The normalized spacial score (nSPS) is 10.3. The van der Waals surface area contributed by atoms with Gasteiger partial charge in [-0.15, -0.1) is 5.10 Å². The molecular weight excluding hydrogens is 320 g/mol. The molecule has 5 nitrogen and oxygen atoms in total. The first-order valence-electron chi connectivity index (χ1n) is 5.24. The van der Waals surface area contributed by atoms with Crippen molar-refractivity contribution in [3.05, 3.63) is 40.1 Å². The summed E-state index contributed by atoms with van der Waals surface area (Å²) >= 11 is 9.30. The number of hydrogen-bond donors (Lipinski definition) is 1. The number of carbonyl (C=O) groups excluding carboxylic acids is 1. The molecule has 0 saturated carbocycles. The Kier molecular flexibility index (Phi) is 4.33. The molecule has 0 fully saturated rings. The van der Waals surface area contributed by atoms with Gasteiger partial charge in [0.1, 0.15) is 0 Å². The van der Waals surface area contributed by atoms with Crippen LogP contribution < -0.4 is 5.32 Å². The molecule has 0 aliphatic heterocycles. The Hall–Kier alpha value is -1.40. The summed E-state index contributed by atoms with van der Waals surface area (Å²) in [4.78, 5) is 11.7. The zero-order valence-electron chi connectivity index (χ0n) is 9.31. The zero-order chi connectivity index (χ0) is 13.0. The van der Waals surface area contributed by atoms with E-state index in [-0.39, 0.29) is 5.91 Å². The van der Waals surface area contributed by atoms with Crippen molar-refractivity contribution in [1.82, 2.24) is 15.0 Å². The van der Waals surface area contributed by atoms with E-state index in [1.165, 1.54) is 0 Å². The van der Waals surface area contributed by atoms with E-state index >= 15 is 0 Å². The van der Waals surface area contributed by atoms with Gasteiger partial charge in [0.2, 0.25) is 5.91 Å². The first-order valence-corrected chi connectivity index (χ1v) is 6.41. The molecule has 7 heteroatoms. The second-order valence-electron chi connectivity index (χ2n) is 3.59. The van der Waals surface area contributed by atoms with Gasteiger partial charge >= 0.3 is 0 Å². The molecule has 1 aromatic heterocycles. The monoisotopic (exact) mass is 328 g/mol. The van der Waals surface area contributed by atoms with Crippen LogP contribution in [-0.2, 0) is 11.3 Å². The second-order valence-corrected chi connectivity index (χ2v) is 4.91. The van der Waals surface area contributed by atoms with Crippen LogP contribution in [0.15, 0.2) is 35.1 Å². The summed E-state index contributed by atoms with van der Waals surface area (Å²) in [7, 11) is 0. The van der Waals surface area contributed by atoms with E-state index in [4.69, 9.17) is 11.6 Å². The molecule has 1 N–H and O–H groups in total. The van der Waals surface area contributed by atoms with Gasteiger partial charge in [0.25, 0.3) is 0 Å². The SMILES string of the molecule is O=C(CCn1ccnn1)Nc1cc(Br)ccc1Cl. The molecule has 18 heavy (non-hydrogen) atoms. The van der Waals surface area contributed by atoms with E-state index in [2.05, 4.69) is 31.6 Å². The number of carbonyl (C=O) groups is 1. The Morgan fingerprint density at radius 2 is 2.33 bits per heavy atom. The third kappa shape index (κ3) is 3.54. The van der Waals surface area contributed by atoms with Gasteiger partial charge in [0, 0.05) is 17.1 Å². The first kappa shape index (κ1) is 13.0. The van der Waals surface area contributed by atoms with Crippen LogP contribution in [0.2, 0.25) is 5.02 Å². The van der Waals surface area contributed by atoms with E-state index in [0.717, 1.165) is 4.47 Å². The van der Waals surface area contributed by atoms with E-state index < -0.39 is 0 Å². The summed E-state index contributed by atoms with van der Waals surface area (Å²) in [5, 5.41) is 10.7. The number of nitrogens with one attached hydrogen (secondary N) is 1. The number of nitrogens with zero attached hydrogens (tertiary/aromatic N) is 3. The third-order valence-electron chi connectivity index (χ3n) is 2.24. The highest BCUT2D eigenvalue weighted by molar-refractivity contribution is 9.10. The Balaban J connectivity index is 1.92. The lowest BCUT2D eigenvalue weighted by molar-refractivity contribution is -0.116. The highest BCUT2D eigenvalue weighted by Crippen LogP contribution is 2.25. The number of rotatable bonds is 4. The number of aromatic nitrogens is 3. The summed E-state index contributed by atoms with van der Waals surface area (Å²) in [6.07, 6.45) is 3.59. The maximum Gasteiger partial charge on any atom is 0.226 e. The second kappa shape index (κ2) is 5.97. The van der Waals surface area contributed by atoms with Crippen molar-refractivity contribution in [2.45, 2.75) is 13.0 Å². The lowest BCUT2D eigenvalue weighted by Gasteiger charge is -2.07. The van der Waals surface area contributed by atoms with E-state index in [0.29, 0.717) is 23.7 Å². The summed E-state index contributed by atoms with van der Waals surface area (Å²) in [6.45, 7) is 0.484. The number of hydrogen-bond acceptors (Lipinski definition) is 3. The lowest BCUT2D eigenvalue weighted by atomic mass is 10.3. The molecule has 0 radical (unpaired) electrons. The molecule has 1 aromatic carbocycles. The lowest BCUT2D eigenvalue weighted by Crippen LogP contribution is -2.15.